The number of nitrogens with one attached hydrogen (secondary N) is 2. The summed E-state index contributed by atoms with van der Waals surface area (Å²) in [6.07, 6.45) is 8.70. The van der Waals surface area contributed by atoms with Gasteiger partial charge in [0.2, 0.25) is 11.8 Å². The molecule has 2 atom stereocenters. The summed E-state index contributed by atoms with van der Waals surface area (Å²) >= 11 is 1.59. The quantitative estimate of drug-likeness (QED) is 0.382. The molecular weight excluding hydrogens is 486 g/mol. The van der Waals surface area contributed by atoms with E-state index in [1.807, 2.05) is 44.4 Å². The van der Waals surface area contributed by atoms with Gasteiger partial charge >= 0.3 is 6.09 Å². The van der Waals surface area contributed by atoms with Crippen molar-refractivity contribution in [3.63, 3.8) is 0 Å². The zero-order chi connectivity index (χ0) is 27.6. The molecule has 1 aromatic rings. The van der Waals surface area contributed by atoms with Gasteiger partial charge in [0, 0.05) is 12.1 Å². The highest BCUT2D eigenvalue weighted by Crippen LogP contribution is 2.28. The summed E-state index contributed by atoms with van der Waals surface area (Å²) in [5.41, 5.74) is 0.895. The van der Waals surface area contributed by atoms with Crippen LogP contribution in [0.2, 0.25) is 0 Å². The smallest absolute Gasteiger partial charge is 0.408 e. The third kappa shape index (κ3) is 9.72. The Morgan fingerprint density at radius 1 is 1.19 bits per heavy atom. The van der Waals surface area contributed by atoms with Crippen molar-refractivity contribution in [3.8, 4) is 0 Å². The molecule has 0 heterocycles. The van der Waals surface area contributed by atoms with Crippen LogP contribution < -0.4 is 10.6 Å². The van der Waals surface area contributed by atoms with Gasteiger partial charge < -0.3 is 20.3 Å². The van der Waals surface area contributed by atoms with Crippen LogP contribution >= 0.6 is 11.8 Å². The Hall–Kier alpha value is -2.48. The molecule has 7 nitrogen and oxygen atoms in total. The van der Waals surface area contributed by atoms with Crippen molar-refractivity contribution in [2.24, 2.45) is 0 Å². The van der Waals surface area contributed by atoms with E-state index in [2.05, 4.69) is 17.2 Å². The Labute approximate surface area is 227 Å². The first kappa shape index (κ1) is 30.7. The molecule has 1 aromatic carbocycles. The maximum absolute atomic E-state index is 14.1. The first-order valence-electron chi connectivity index (χ1n) is 13.3. The highest BCUT2D eigenvalue weighted by molar-refractivity contribution is 7.98. The van der Waals surface area contributed by atoms with Gasteiger partial charge in [0.1, 0.15) is 17.7 Å². The second kappa shape index (κ2) is 14.5. The largest absolute Gasteiger partial charge is 0.444 e. The monoisotopic (exact) mass is 531 g/mol. The van der Waals surface area contributed by atoms with Gasteiger partial charge in [-0.15, -0.1) is 0 Å². The van der Waals surface area contributed by atoms with Crippen molar-refractivity contribution < 1.29 is 19.1 Å². The summed E-state index contributed by atoms with van der Waals surface area (Å²) in [5.74, 6) is 0.169. The van der Waals surface area contributed by atoms with Gasteiger partial charge in [0.25, 0.3) is 0 Å². The lowest BCUT2D eigenvalue weighted by Gasteiger charge is -2.38. The third-order valence-electron chi connectivity index (χ3n) is 6.35. The summed E-state index contributed by atoms with van der Waals surface area (Å²) in [6, 6.07) is 5.71. The lowest BCUT2D eigenvalue weighted by molar-refractivity contribution is -0.145. The Balaban J connectivity index is 2.45. The Bertz CT molecular complexity index is 922. The van der Waals surface area contributed by atoms with Gasteiger partial charge in [0.05, 0.1) is 0 Å². The lowest BCUT2D eigenvalue weighted by Crippen LogP contribution is -2.56. The molecule has 3 amide bonds. The number of ether oxygens (including phenoxy) is 1. The van der Waals surface area contributed by atoms with E-state index in [1.165, 1.54) is 6.42 Å². The number of hydrogen-bond acceptors (Lipinski definition) is 5. The lowest BCUT2D eigenvalue weighted by atomic mass is 9.94. The molecule has 2 unspecified atom stereocenters. The van der Waals surface area contributed by atoms with Crippen LogP contribution in [0.1, 0.15) is 90.3 Å². The zero-order valence-corrected chi connectivity index (χ0v) is 24.2. The fourth-order valence-corrected chi connectivity index (χ4v) is 5.10. The van der Waals surface area contributed by atoms with Gasteiger partial charge in [-0.2, -0.15) is 11.8 Å². The number of amides is 3. The van der Waals surface area contributed by atoms with Gasteiger partial charge in [0.15, 0.2) is 0 Å². The summed E-state index contributed by atoms with van der Waals surface area (Å²) in [4.78, 5) is 42.2. The van der Waals surface area contributed by atoms with Crippen molar-refractivity contribution in [1.29, 1.82) is 0 Å². The molecule has 1 saturated carbocycles. The van der Waals surface area contributed by atoms with Crippen molar-refractivity contribution >= 4 is 35.7 Å². The van der Waals surface area contributed by atoms with Gasteiger partial charge in [-0.1, -0.05) is 50.1 Å². The standard InChI is InChI=1S/C29H45N3O4S/c1-8-21-13-12-14-22(19-21)25(26(33)30-23-15-10-9-11-16-23)32(20(2)3)27(34)24(17-18-37-7)31-28(35)36-29(4,5)6/h8,12-14,19-20,23-25H,1,9-11,15-18H2,2-7H3,(H,30,33)(H,31,35). The summed E-state index contributed by atoms with van der Waals surface area (Å²) in [6.45, 7) is 13.0. The summed E-state index contributed by atoms with van der Waals surface area (Å²) in [7, 11) is 0. The molecule has 8 heteroatoms. The van der Waals surface area contributed by atoms with Gasteiger partial charge in [-0.3, -0.25) is 9.59 Å². The Morgan fingerprint density at radius 2 is 1.86 bits per heavy atom. The van der Waals surface area contributed by atoms with E-state index in [-0.39, 0.29) is 23.9 Å². The average molecular weight is 532 g/mol. The first-order chi connectivity index (χ1) is 17.5. The van der Waals surface area contributed by atoms with E-state index in [0.717, 1.165) is 31.2 Å². The van der Waals surface area contributed by atoms with E-state index in [0.29, 0.717) is 17.7 Å². The number of rotatable bonds is 11. The number of nitrogens with zero attached hydrogens (tertiary/aromatic N) is 1. The second-order valence-electron chi connectivity index (χ2n) is 10.9. The Kier molecular flexibility index (Phi) is 12.0. The van der Waals surface area contributed by atoms with Crippen LogP contribution in [0.4, 0.5) is 4.79 Å². The molecule has 2 rings (SSSR count). The molecular formula is C29H45N3O4S. The van der Waals surface area contributed by atoms with Gasteiger partial charge in [-0.25, -0.2) is 4.79 Å². The van der Waals surface area contributed by atoms with E-state index >= 15 is 0 Å². The maximum atomic E-state index is 14.1. The molecule has 0 saturated heterocycles. The molecule has 0 bridgehead atoms. The molecule has 0 spiro atoms. The zero-order valence-electron chi connectivity index (χ0n) is 23.3. The Morgan fingerprint density at radius 3 is 2.43 bits per heavy atom. The number of thioether (sulfide) groups is 1. The van der Waals surface area contributed by atoms with Crippen LogP contribution in [0.5, 0.6) is 0 Å². The maximum Gasteiger partial charge on any atom is 0.408 e. The normalized spacial score (nSPS) is 16.0. The van der Waals surface area contributed by atoms with Gasteiger partial charge in [-0.05, 0) is 83.1 Å². The van der Waals surface area contributed by atoms with E-state index in [1.54, 1.807) is 43.5 Å². The van der Waals surface area contributed by atoms with Crippen LogP contribution in [-0.2, 0) is 14.3 Å². The van der Waals surface area contributed by atoms with Crippen LogP contribution in [-0.4, -0.2) is 58.5 Å². The topological polar surface area (TPSA) is 87.7 Å². The first-order valence-corrected chi connectivity index (χ1v) is 14.7. The fourth-order valence-electron chi connectivity index (χ4n) is 4.62. The number of hydrogen-bond donors (Lipinski definition) is 2. The molecule has 206 valence electrons. The SMILES string of the molecule is C=Cc1cccc(C(C(=O)NC2CCCCC2)N(C(=O)C(CCSC)NC(=O)OC(C)(C)C)C(C)C)c1. The van der Waals surface area contributed by atoms with Crippen LogP contribution in [0.15, 0.2) is 30.8 Å². The molecule has 37 heavy (non-hydrogen) atoms. The summed E-state index contributed by atoms with van der Waals surface area (Å²) < 4.78 is 5.44. The second-order valence-corrected chi connectivity index (χ2v) is 11.9. The van der Waals surface area contributed by atoms with Crippen molar-refractivity contribution in [2.75, 3.05) is 12.0 Å². The van der Waals surface area contributed by atoms with E-state index in [4.69, 9.17) is 4.74 Å². The molecule has 0 radical (unpaired) electrons. The minimum atomic E-state index is -0.841. The fraction of sp³-hybridized carbons (Fsp3) is 0.621. The highest BCUT2D eigenvalue weighted by Gasteiger charge is 2.38. The highest BCUT2D eigenvalue weighted by atomic mass is 32.2. The van der Waals surface area contributed by atoms with Crippen molar-refractivity contribution in [1.82, 2.24) is 15.5 Å². The number of carbonyl (C=O) groups excluding carboxylic acids is 3. The molecule has 1 fully saturated rings. The number of carbonyl (C=O) groups is 3. The van der Waals surface area contributed by atoms with Crippen molar-refractivity contribution in [2.45, 2.75) is 103 Å². The van der Waals surface area contributed by atoms with Crippen molar-refractivity contribution in [3.05, 3.63) is 42.0 Å². The summed E-state index contributed by atoms with van der Waals surface area (Å²) in [5, 5.41) is 6.00. The molecule has 1 aliphatic carbocycles. The van der Waals surface area contributed by atoms with E-state index < -0.39 is 23.8 Å². The minimum absolute atomic E-state index is 0.0997. The molecule has 1 aliphatic rings. The van der Waals surface area contributed by atoms with Crippen LogP contribution in [0.25, 0.3) is 6.08 Å². The van der Waals surface area contributed by atoms with Crippen LogP contribution in [0, 0.1) is 0 Å². The van der Waals surface area contributed by atoms with E-state index in [9.17, 15) is 14.4 Å². The number of alkyl carbamates (subject to hydrolysis) is 1. The molecule has 0 aromatic heterocycles. The molecule has 0 aliphatic heterocycles. The average Bonchev–Trinajstić information content (AvgIpc) is 2.83. The predicted octanol–water partition coefficient (Wildman–Crippen LogP) is 5.70. The number of benzene rings is 1. The predicted molar refractivity (Wildman–Crippen MR) is 152 cm³/mol. The minimum Gasteiger partial charge on any atom is -0.444 e. The third-order valence-corrected chi connectivity index (χ3v) is 6.99. The van der Waals surface area contributed by atoms with Crippen LogP contribution in [0.3, 0.4) is 0 Å². The molecule has 2 N–H and O–H groups in total.